The minimum atomic E-state index is -0.217. The predicted octanol–water partition coefficient (Wildman–Crippen LogP) is 18.9. The van der Waals surface area contributed by atoms with Crippen molar-refractivity contribution in [3.05, 3.63) is 260 Å². The Morgan fingerprint density at radius 2 is 0.797 bits per heavy atom. The third-order valence-electron chi connectivity index (χ3n) is 14.5. The number of hydrogen-bond donors (Lipinski definition) is 0. The van der Waals surface area contributed by atoms with Crippen LogP contribution in [0.3, 0.4) is 0 Å². The molecule has 12 aromatic rings. The number of fused-ring (bicyclic) bond motifs is 7. The van der Waals surface area contributed by atoms with Gasteiger partial charge in [-0.05, 0) is 138 Å². The van der Waals surface area contributed by atoms with E-state index < -0.39 is 0 Å². The van der Waals surface area contributed by atoms with Gasteiger partial charge in [-0.25, -0.2) is 0 Å². The van der Waals surface area contributed by atoms with Gasteiger partial charge in [-0.1, -0.05) is 208 Å². The summed E-state index contributed by atoms with van der Waals surface area (Å²) in [6.45, 7) is 4.76. The molecule has 0 bridgehead atoms. The summed E-state index contributed by atoms with van der Waals surface area (Å²) in [5.74, 6) is 0. The molecule has 0 atom stereocenters. The standard InChI is InChI=1S/C67H47NO/c1-67(2)63-42-54(53-31-28-45-14-6-7-15-51(45)40-53)34-38-59(63)60-39-37-57(43-64(60)67)68(55-35-32-48(33-36-55)47-24-22-46(23-25-47)44-12-4-3-5-13-44)56-17-10-16-52(41-56)49-26-29-50(30-27-49)58-19-11-20-62-61-18-8-9-21-65(61)69-66(58)62/h3-43H,1-2H3. The fraction of sp³-hybridized carbons (Fsp3) is 0.0448. The van der Waals surface area contributed by atoms with Gasteiger partial charge in [0.15, 0.2) is 0 Å². The lowest BCUT2D eigenvalue weighted by Crippen LogP contribution is -2.16. The number of hydrogen-bond acceptors (Lipinski definition) is 2. The molecule has 11 aromatic carbocycles. The summed E-state index contributed by atoms with van der Waals surface area (Å²) in [6, 6.07) is 90.7. The maximum absolute atomic E-state index is 6.42. The number of para-hydroxylation sites is 2. The molecule has 0 radical (unpaired) electrons. The van der Waals surface area contributed by atoms with E-state index >= 15 is 0 Å². The Bertz CT molecular complexity index is 3900. The maximum Gasteiger partial charge on any atom is 0.143 e. The van der Waals surface area contributed by atoms with E-state index in [2.05, 4.69) is 255 Å². The smallest absolute Gasteiger partial charge is 0.143 e. The molecule has 1 heterocycles. The minimum absolute atomic E-state index is 0.217. The van der Waals surface area contributed by atoms with E-state index in [4.69, 9.17) is 4.42 Å². The molecule has 0 saturated carbocycles. The summed E-state index contributed by atoms with van der Waals surface area (Å²) in [5.41, 5.74) is 22.0. The second-order valence-corrected chi connectivity index (χ2v) is 18.9. The SMILES string of the molecule is CC1(C)c2cc(-c3ccc4ccccc4c3)ccc2-c2ccc(N(c3ccc(-c4ccc(-c5ccccc5)cc4)cc3)c3cccc(-c4ccc(-c5cccc6c5oc5ccccc56)cc4)c3)cc21. The maximum atomic E-state index is 6.42. The second-order valence-electron chi connectivity index (χ2n) is 18.9. The van der Waals surface area contributed by atoms with Crippen LogP contribution in [0.25, 0.3) is 99.5 Å². The van der Waals surface area contributed by atoms with Crippen molar-refractivity contribution < 1.29 is 4.42 Å². The Hall–Kier alpha value is -8.72. The number of furan rings is 1. The average Bonchev–Trinajstić information content (AvgIpc) is 3.90. The highest BCUT2D eigenvalue weighted by Crippen LogP contribution is 2.52. The Morgan fingerprint density at radius 3 is 1.57 bits per heavy atom. The first-order valence-corrected chi connectivity index (χ1v) is 23.9. The molecule has 326 valence electrons. The van der Waals surface area contributed by atoms with Crippen molar-refractivity contribution in [1.82, 2.24) is 0 Å². The zero-order valence-corrected chi connectivity index (χ0v) is 38.5. The van der Waals surface area contributed by atoms with E-state index in [1.54, 1.807) is 0 Å². The molecule has 0 aliphatic heterocycles. The second kappa shape index (κ2) is 16.3. The van der Waals surface area contributed by atoms with Crippen LogP contribution in [-0.2, 0) is 5.41 Å². The molecule has 0 spiro atoms. The van der Waals surface area contributed by atoms with Crippen LogP contribution in [0.5, 0.6) is 0 Å². The predicted molar refractivity (Wildman–Crippen MR) is 291 cm³/mol. The molecule has 1 aliphatic rings. The summed E-state index contributed by atoms with van der Waals surface area (Å²) in [4.78, 5) is 2.42. The molecular formula is C67H47NO. The van der Waals surface area contributed by atoms with Crippen molar-refractivity contribution in [2.45, 2.75) is 19.3 Å². The number of nitrogens with zero attached hydrogens (tertiary/aromatic N) is 1. The highest BCUT2D eigenvalue weighted by atomic mass is 16.3. The first-order chi connectivity index (χ1) is 33.9. The van der Waals surface area contributed by atoms with E-state index in [1.807, 2.05) is 12.1 Å². The van der Waals surface area contributed by atoms with Crippen molar-refractivity contribution in [2.24, 2.45) is 0 Å². The summed E-state index contributed by atoms with van der Waals surface area (Å²) < 4.78 is 6.42. The largest absolute Gasteiger partial charge is 0.455 e. The Morgan fingerprint density at radius 1 is 0.304 bits per heavy atom. The van der Waals surface area contributed by atoms with Gasteiger partial charge in [0, 0.05) is 38.8 Å². The Balaban J connectivity index is 0.874. The molecule has 13 rings (SSSR count). The molecule has 1 aromatic heterocycles. The third kappa shape index (κ3) is 7.03. The normalized spacial score (nSPS) is 12.6. The zero-order valence-electron chi connectivity index (χ0n) is 38.5. The van der Waals surface area contributed by atoms with Crippen molar-refractivity contribution in [3.8, 4) is 66.8 Å². The van der Waals surface area contributed by atoms with Gasteiger partial charge in [0.05, 0.1) is 0 Å². The lowest BCUT2D eigenvalue weighted by molar-refractivity contribution is 0.660. The van der Waals surface area contributed by atoms with Gasteiger partial charge >= 0.3 is 0 Å². The fourth-order valence-corrected chi connectivity index (χ4v) is 10.8. The molecule has 0 saturated heterocycles. The van der Waals surface area contributed by atoms with Crippen LogP contribution in [0.2, 0.25) is 0 Å². The van der Waals surface area contributed by atoms with Crippen LogP contribution in [-0.4, -0.2) is 0 Å². The highest BCUT2D eigenvalue weighted by molar-refractivity contribution is 6.09. The van der Waals surface area contributed by atoms with Crippen LogP contribution >= 0.6 is 0 Å². The molecule has 0 fully saturated rings. The quantitative estimate of drug-likeness (QED) is 0.151. The van der Waals surface area contributed by atoms with Crippen molar-refractivity contribution in [1.29, 1.82) is 0 Å². The Labute approximate surface area is 403 Å². The van der Waals surface area contributed by atoms with Gasteiger partial charge in [0.1, 0.15) is 11.2 Å². The first-order valence-electron chi connectivity index (χ1n) is 23.9. The van der Waals surface area contributed by atoms with Gasteiger partial charge in [0.2, 0.25) is 0 Å². The number of anilines is 3. The third-order valence-corrected chi connectivity index (χ3v) is 14.5. The van der Waals surface area contributed by atoms with E-state index in [0.717, 1.165) is 61.3 Å². The number of rotatable bonds is 8. The van der Waals surface area contributed by atoms with Crippen molar-refractivity contribution in [3.63, 3.8) is 0 Å². The molecular weight excluding hydrogens is 835 g/mol. The molecule has 0 N–H and O–H groups in total. The van der Waals surface area contributed by atoms with Gasteiger partial charge in [-0.2, -0.15) is 0 Å². The summed E-state index contributed by atoms with van der Waals surface area (Å²) in [7, 11) is 0. The lowest BCUT2D eigenvalue weighted by atomic mass is 9.81. The molecule has 0 unspecified atom stereocenters. The van der Waals surface area contributed by atoms with Gasteiger partial charge in [0.25, 0.3) is 0 Å². The summed E-state index contributed by atoms with van der Waals surface area (Å²) in [6.07, 6.45) is 0. The molecule has 0 amide bonds. The topological polar surface area (TPSA) is 16.4 Å². The van der Waals surface area contributed by atoms with E-state index in [1.165, 1.54) is 66.4 Å². The summed E-state index contributed by atoms with van der Waals surface area (Å²) in [5, 5.41) is 4.80. The van der Waals surface area contributed by atoms with Gasteiger partial charge in [-0.15, -0.1) is 0 Å². The van der Waals surface area contributed by atoms with Crippen LogP contribution < -0.4 is 4.90 Å². The minimum Gasteiger partial charge on any atom is -0.455 e. The van der Waals surface area contributed by atoms with Crippen molar-refractivity contribution in [2.75, 3.05) is 4.90 Å². The fourth-order valence-electron chi connectivity index (χ4n) is 10.8. The van der Waals surface area contributed by atoms with Gasteiger partial charge in [-0.3, -0.25) is 0 Å². The molecule has 2 heteroatoms. The lowest BCUT2D eigenvalue weighted by Gasteiger charge is -2.28. The summed E-state index contributed by atoms with van der Waals surface area (Å²) >= 11 is 0. The van der Waals surface area contributed by atoms with Crippen LogP contribution in [0.1, 0.15) is 25.0 Å². The van der Waals surface area contributed by atoms with Crippen LogP contribution in [0.15, 0.2) is 253 Å². The van der Waals surface area contributed by atoms with Gasteiger partial charge < -0.3 is 9.32 Å². The first kappa shape index (κ1) is 40.5. The molecule has 69 heavy (non-hydrogen) atoms. The van der Waals surface area contributed by atoms with E-state index in [0.29, 0.717) is 0 Å². The zero-order chi connectivity index (χ0) is 46.1. The van der Waals surface area contributed by atoms with E-state index in [9.17, 15) is 0 Å². The highest BCUT2D eigenvalue weighted by Gasteiger charge is 2.36. The van der Waals surface area contributed by atoms with Crippen LogP contribution in [0, 0.1) is 0 Å². The monoisotopic (exact) mass is 881 g/mol. The van der Waals surface area contributed by atoms with E-state index in [-0.39, 0.29) is 5.41 Å². The van der Waals surface area contributed by atoms with Crippen molar-refractivity contribution >= 4 is 49.8 Å². The van der Waals surface area contributed by atoms with Crippen LogP contribution in [0.4, 0.5) is 17.1 Å². The molecule has 1 aliphatic carbocycles. The average molecular weight is 882 g/mol. The molecule has 2 nitrogen and oxygen atoms in total. The Kier molecular flexibility index (Phi) is 9.55. The number of benzene rings is 11.